The smallest absolute Gasteiger partial charge is 0.334 e. The second kappa shape index (κ2) is 9.78. The average Bonchev–Trinajstić information content (AvgIpc) is 2.72. The number of halogens is 3. The van der Waals surface area contributed by atoms with Crippen LogP contribution in [-0.4, -0.2) is 24.0 Å². The molecule has 1 heterocycles. The molecule has 1 aliphatic heterocycles. The molecule has 0 bridgehead atoms. The van der Waals surface area contributed by atoms with E-state index in [1.807, 2.05) is 18.2 Å². The minimum atomic E-state index is -4.39. The summed E-state index contributed by atoms with van der Waals surface area (Å²) >= 11 is 0. The Hall–Kier alpha value is -2.54. The van der Waals surface area contributed by atoms with E-state index in [9.17, 15) is 18.0 Å². The largest absolute Gasteiger partial charge is 0.416 e. The molecule has 0 aromatic heterocycles. The number of piperidine rings is 1. The second-order valence-corrected chi connectivity index (χ2v) is 7.34. The van der Waals surface area contributed by atoms with Gasteiger partial charge in [-0.2, -0.15) is 13.2 Å². The molecule has 7 heteroatoms. The van der Waals surface area contributed by atoms with Crippen molar-refractivity contribution >= 4 is 6.03 Å². The van der Waals surface area contributed by atoms with Gasteiger partial charge in [0.15, 0.2) is 0 Å². The molecule has 0 atom stereocenters. The van der Waals surface area contributed by atoms with Crippen molar-refractivity contribution in [2.45, 2.75) is 45.1 Å². The molecule has 2 aromatic carbocycles. The fourth-order valence-electron chi connectivity index (χ4n) is 3.52. The predicted octanol–water partition coefficient (Wildman–Crippen LogP) is 4.69. The molecule has 2 aromatic rings. The minimum Gasteiger partial charge on any atom is -0.334 e. The summed E-state index contributed by atoms with van der Waals surface area (Å²) in [6.07, 6.45) is -0.668. The lowest BCUT2D eigenvalue weighted by Crippen LogP contribution is -2.35. The highest BCUT2D eigenvalue weighted by atomic mass is 19.4. The Morgan fingerprint density at radius 1 is 0.897 bits per heavy atom. The van der Waals surface area contributed by atoms with Crippen molar-refractivity contribution in [2.24, 2.45) is 0 Å². The summed E-state index contributed by atoms with van der Waals surface area (Å²) in [5.74, 6) is 0. The Morgan fingerprint density at radius 3 is 2.31 bits per heavy atom. The van der Waals surface area contributed by atoms with Crippen molar-refractivity contribution in [3.8, 4) is 0 Å². The van der Waals surface area contributed by atoms with E-state index in [1.54, 1.807) is 6.07 Å². The van der Waals surface area contributed by atoms with Gasteiger partial charge in [0.05, 0.1) is 5.56 Å². The average molecular weight is 405 g/mol. The summed E-state index contributed by atoms with van der Waals surface area (Å²) in [5, 5.41) is 5.42. The van der Waals surface area contributed by atoms with Crippen LogP contribution in [0.1, 0.15) is 41.5 Å². The van der Waals surface area contributed by atoms with E-state index in [0.717, 1.165) is 37.3 Å². The van der Waals surface area contributed by atoms with Gasteiger partial charge < -0.3 is 10.6 Å². The first-order valence-electron chi connectivity index (χ1n) is 9.89. The van der Waals surface area contributed by atoms with Crippen molar-refractivity contribution in [1.82, 2.24) is 15.5 Å². The Kier molecular flexibility index (Phi) is 7.14. The third-order valence-corrected chi connectivity index (χ3v) is 5.11. The number of nitrogens with one attached hydrogen (secondary N) is 2. The van der Waals surface area contributed by atoms with Crippen LogP contribution in [0.25, 0.3) is 0 Å². The summed E-state index contributed by atoms with van der Waals surface area (Å²) in [6, 6.07) is 12.6. The van der Waals surface area contributed by atoms with Gasteiger partial charge in [-0.25, -0.2) is 4.79 Å². The molecule has 3 rings (SSSR count). The highest BCUT2D eigenvalue weighted by Gasteiger charge is 2.30. The molecule has 1 saturated heterocycles. The zero-order valence-electron chi connectivity index (χ0n) is 16.3. The first-order valence-corrected chi connectivity index (χ1v) is 9.89. The zero-order chi connectivity index (χ0) is 20.7. The molecule has 156 valence electrons. The number of amides is 2. The van der Waals surface area contributed by atoms with Crippen molar-refractivity contribution in [3.05, 3.63) is 70.8 Å². The molecule has 0 saturated carbocycles. The molecule has 1 fully saturated rings. The second-order valence-electron chi connectivity index (χ2n) is 7.34. The maximum absolute atomic E-state index is 12.8. The topological polar surface area (TPSA) is 44.4 Å². The Bertz CT molecular complexity index is 817. The summed E-state index contributed by atoms with van der Waals surface area (Å²) in [5.41, 5.74) is 1.92. The molecule has 2 amide bonds. The molecular weight excluding hydrogens is 379 g/mol. The molecule has 0 spiro atoms. The van der Waals surface area contributed by atoms with Gasteiger partial charge >= 0.3 is 12.2 Å². The van der Waals surface area contributed by atoms with E-state index >= 15 is 0 Å². The van der Waals surface area contributed by atoms with E-state index in [1.165, 1.54) is 30.9 Å². The van der Waals surface area contributed by atoms with Crippen LogP contribution < -0.4 is 10.6 Å². The monoisotopic (exact) mass is 405 g/mol. The fourth-order valence-corrected chi connectivity index (χ4v) is 3.52. The highest BCUT2D eigenvalue weighted by molar-refractivity contribution is 5.73. The van der Waals surface area contributed by atoms with Crippen LogP contribution in [0.3, 0.4) is 0 Å². The Morgan fingerprint density at radius 2 is 1.59 bits per heavy atom. The fraction of sp³-hybridized carbons (Fsp3) is 0.409. The number of hydrogen-bond acceptors (Lipinski definition) is 2. The van der Waals surface area contributed by atoms with E-state index in [0.29, 0.717) is 12.1 Å². The number of carbonyl (C=O) groups is 1. The summed E-state index contributed by atoms with van der Waals surface area (Å²) in [4.78, 5) is 14.5. The van der Waals surface area contributed by atoms with Crippen molar-refractivity contribution in [1.29, 1.82) is 0 Å². The number of nitrogens with zero attached hydrogens (tertiary/aromatic N) is 1. The van der Waals surface area contributed by atoms with Gasteiger partial charge in [0, 0.05) is 19.6 Å². The third-order valence-electron chi connectivity index (χ3n) is 5.11. The van der Waals surface area contributed by atoms with Gasteiger partial charge in [-0.3, -0.25) is 4.90 Å². The summed E-state index contributed by atoms with van der Waals surface area (Å²) in [6.45, 7) is 3.46. The van der Waals surface area contributed by atoms with Crippen LogP contribution in [0.4, 0.5) is 18.0 Å². The first kappa shape index (κ1) is 21.2. The molecule has 0 radical (unpaired) electrons. The number of likely N-dealkylation sites (tertiary alicyclic amines) is 1. The molecule has 4 nitrogen and oxygen atoms in total. The van der Waals surface area contributed by atoms with Crippen molar-refractivity contribution < 1.29 is 18.0 Å². The Labute approximate surface area is 169 Å². The number of urea groups is 1. The lowest BCUT2D eigenvalue weighted by molar-refractivity contribution is -0.137. The molecule has 2 N–H and O–H groups in total. The lowest BCUT2D eigenvalue weighted by Gasteiger charge is -2.27. The predicted molar refractivity (Wildman–Crippen MR) is 106 cm³/mol. The molecule has 0 unspecified atom stereocenters. The van der Waals surface area contributed by atoms with Crippen LogP contribution in [0.5, 0.6) is 0 Å². The number of benzene rings is 2. The molecule has 29 heavy (non-hydrogen) atoms. The van der Waals surface area contributed by atoms with Gasteiger partial charge in [0.25, 0.3) is 0 Å². The quantitative estimate of drug-likeness (QED) is 0.732. The van der Waals surface area contributed by atoms with Crippen LogP contribution in [0.15, 0.2) is 48.5 Å². The third kappa shape index (κ3) is 6.49. The standard InChI is InChI=1S/C22H26F3N3O/c23-22(24,25)20-10-6-7-17(13-20)14-26-21(29)27-15-18-8-2-3-9-19(18)16-28-11-4-1-5-12-28/h2-3,6-10,13H,1,4-5,11-12,14-16H2,(H2,26,27,29). The van der Waals surface area contributed by atoms with Crippen LogP contribution in [-0.2, 0) is 25.8 Å². The van der Waals surface area contributed by atoms with Gasteiger partial charge in [-0.05, 0) is 54.8 Å². The highest BCUT2D eigenvalue weighted by Crippen LogP contribution is 2.29. The number of hydrogen-bond donors (Lipinski definition) is 2. The van der Waals surface area contributed by atoms with Crippen molar-refractivity contribution in [3.63, 3.8) is 0 Å². The van der Waals surface area contributed by atoms with Gasteiger partial charge in [0.1, 0.15) is 0 Å². The van der Waals surface area contributed by atoms with Crippen LogP contribution >= 0.6 is 0 Å². The molecule has 1 aliphatic rings. The minimum absolute atomic E-state index is 0.0329. The summed E-state index contributed by atoms with van der Waals surface area (Å²) in [7, 11) is 0. The normalized spacial score (nSPS) is 15.1. The summed E-state index contributed by atoms with van der Waals surface area (Å²) < 4.78 is 38.3. The first-order chi connectivity index (χ1) is 13.9. The van der Waals surface area contributed by atoms with Gasteiger partial charge in [-0.1, -0.05) is 42.8 Å². The Balaban J connectivity index is 1.51. The maximum Gasteiger partial charge on any atom is 0.416 e. The van der Waals surface area contributed by atoms with E-state index in [-0.39, 0.29) is 6.54 Å². The zero-order valence-corrected chi connectivity index (χ0v) is 16.3. The van der Waals surface area contributed by atoms with Crippen molar-refractivity contribution in [2.75, 3.05) is 13.1 Å². The van der Waals surface area contributed by atoms with Gasteiger partial charge in [-0.15, -0.1) is 0 Å². The van der Waals surface area contributed by atoms with E-state index < -0.39 is 17.8 Å². The van der Waals surface area contributed by atoms with E-state index in [2.05, 4.69) is 21.6 Å². The van der Waals surface area contributed by atoms with Crippen LogP contribution in [0.2, 0.25) is 0 Å². The number of carbonyl (C=O) groups excluding carboxylic acids is 1. The number of alkyl halides is 3. The van der Waals surface area contributed by atoms with Crippen LogP contribution in [0, 0.1) is 0 Å². The maximum atomic E-state index is 12.8. The number of rotatable bonds is 6. The molecule has 0 aliphatic carbocycles. The van der Waals surface area contributed by atoms with E-state index in [4.69, 9.17) is 0 Å². The van der Waals surface area contributed by atoms with Gasteiger partial charge in [0.2, 0.25) is 0 Å². The lowest BCUT2D eigenvalue weighted by atomic mass is 10.0. The SMILES string of the molecule is O=C(NCc1cccc(C(F)(F)F)c1)NCc1ccccc1CN1CCCCC1. The molecular formula is C22H26F3N3O.